The molecule has 0 amide bonds. The second kappa shape index (κ2) is 6.77. The first-order chi connectivity index (χ1) is 9.60. The van der Waals surface area contributed by atoms with E-state index in [2.05, 4.69) is 33.3 Å². The molecule has 0 radical (unpaired) electrons. The molecule has 0 spiro atoms. The van der Waals surface area contributed by atoms with Crippen LogP contribution < -0.4 is 5.32 Å². The number of nitrogens with one attached hydrogen (secondary N) is 1. The molecule has 2 aromatic rings. The topological polar surface area (TPSA) is 50.7 Å². The highest BCUT2D eigenvalue weighted by Gasteiger charge is 2.08. The predicted molar refractivity (Wildman–Crippen MR) is 81.7 cm³/mol. The van der Waals surface area contributed by atoms with Crippen LogP contribution in [0.1, 0.15) is 30.3 Å². The zero-order valence-electron chi connectivity index (χ0n) is 12.1. The third-order valence-corrected chi connectivity index (χ3v) is 3.14. The Labute approximate surface area is 124 Å². The molecule has 0 saturated heterocycles. The van der Waals surface area contributed by atoms with Gasteiger partial charge >= 0.3 is 0 Å². The minimum absolute atomic E-state index is 0.269. The van der Waals surface area contributed by atoms with Gasteiger partial charge in [-0.1, -0.05) is 6.92 Å². The van der Waals surface area contributed by atoms with Gasteiger partial charge in [-0.15, -0.1) is 0 Å². The third-order valence-electron chi connectivity index (χ3n) is 2.96. The Morgan fingerprint density at radius 3 is 2.75 bits per heavy atom. The molecule has 2 heterocycles. The first-order valence-corrected chi connectivity index (χ1v) is 7.15. The van der Waals surface area contributed by atoms with E-state index >= 15 is 0 Å². The molecule has 0 atom stereocenters. The van der Waals surface area contributed by atoms with Crippen LogP contribution >= 0.6 is 11.6 Å². The molecule has 4 nitrogen and oxygen atoms in total. The van der Waals surface area contributed by atoms with Crippen LogP contribution in [0.4, 0.5) is 0 Å². The number of halogens is 1. The summed E-state index contributed by atoms with van der Waals surface area (Å²) < 4.78 is 0. The van der Waals surface area contributed by atoms with Crippen LogP contribution in [0.2, 0.25) is 5.28 Å². The number of pyridine rings is 1. The van der Waals surface area contributed by atoms with Crippen LogP contribution in [-0.2, 0) is 6.54 Å². The van der Waals surface area contributed by atoms with Gasteiger partial charge in [-0.05, 0) is 56.1 Å². The number of hydrogen-bond acceptors (Lipinski definition) is 4. The van der Waals surface area contributed by atoms with Crippen LogP contribution in [0.3, 0.4) is 0 Å². The molecular formula is C15H19ClN4. The number of nitrogens with zero attached hydrogens (tertiary/aromatic N) is 3. The zero-order valence-corrected chi connectivity index (χ0v) is 12.8. The van der Waals surface area contributed by atoms with E-state index in [1.165, 1.54) is 0 Å². The van der Waals surface area contributed by atoms with E-state index < -0.39 is 0 Å². The van der Waals surface area contributed by atoms with E-state index in [1.54, 1.807) is 6.20 Å². The lowest BCUT2D eigenvalue weighted by molar-refractivity contribution is 0.663. The van der Waals surface area contributed by atoms with Crippen LogP contribution in [0.25, 0.3) is 11.3 Å². The third kappa shape index (κ3) is 3.74. The summed E-state index contributed by atoms with van der Waals surface area (Å²) in [5, 5.41) is 3.63. The molecule has 5 heteroatoms. The van der Waals surface area contributed by atoms with Crippen LogP contribution in [0.15, 0.2) is 18.3 Å². The number of rotatable bonds is 5. The van der Waals surface area contributed by atoms with Gasteiger partial charge in [0.05, 0.1) is 11.4 Å². The van der Waals surface area contributed by atoms with E-state index in [1.807, 2.05) is 19.9 Å². The molecule has 0 bridgehead atoms. The van der Waals surface area contributed by atoms with Crippen LogP contribution in [0.5, 0.6) is 0 Å². The SMILES string of the molecule is CCCNCc1cc(-c2nc(Cl)ncc2C)cc(C)n1. The second-order valence-corrected chi connectivity index (χ2v) is 5.17. The average molecular weight is 291 g/mol. The van der Waals surface area contributed by atoms with Crippen molar-refractivity contribution in [2.75, 3.05) is 6.54 Å². The maximum Gasteiger partial charge on any atom is 0.222 e. The van der Waals surface area contributed by atoms with Crippen LogP contribution in [-0.4, -0.2) is 21.5 Å². The van der Waals surface area contributed by atoms with E-state index in [0.29, 0.717) is 0 Å². The van der Waals surface area contributed by atoms with Crippen molar-refractivity contribution in [2.45, 2.75) is 33.7 Å². The van der Waals surface area contributed by atoms with Crippen LogP contribution in [0, 0.1) is 13.8 Å². The second-order valence-electron chi connectivity index (χ2n) is 4.84. The fraction of sp³-hybridized carbons (Fsp3) is 0.400. The lowest BCUT2D eigenvalue weighted by Crippen LogP contribution is -2.15. The van der Waals surface area contributed by atoms with Gasteiger partial charge in [0.25, 0.3) is 0 Å². The normalized spacial score (nSPS) is 10.8. The maximum absolute atomic E-state index is 5.90. The molecule has 20 heavy (non-hydrogen) atoms. The standard InChI is InChI=1S/C15H19ClN4/c1-4-5-17-9-13-7-12(6-11(3)19-13)14-10(2)8-18-15(16)20-14/h6-8,17H,4-5,9H2,1-3H3. The van der Waals surface area contributed by atoms with Gasteiger partial charge < -0.3 is 5.32 Å². The highest BCUT2D eigenvalue weighted by atomic mass is 35.5. The van der Waals surface area contributed by atoms with Gasteiger partial charge in [-0.25, -0.2) is 9.97 Å². The minimum Gasteiger partial charge on any atom is -0.311 e. The Kier molecular flexibility index (Phi) is 5.04. The summed E-state index contributed by atoms with van der Waals surface area (Å²) in [5.74, 6) is 0. The minimum atomic E-state index is 0.269. The van der Waals surface area contributed by atoms with Gasteiger partial charge in [0.1, 0.15) is 0 Å². The lowest BCUT2D eigenvalue weighted by Gasteiger charge is -2.09. The van der Waals surface area contributed by atoms with E-state index in [9.17, 15) is 0 Å². The molecular weight excluding hydrogens is 272 g/mol. The zero-order chi connectivity index (χ0) is 14.5. The van der Waals surface area contributed by atoms with Gasteiger partial charge in [-0.3, -0.25) is 4.98 Å². The van der Waals surface area contributed by atoms with Crippen molar-refractivity contribution in [3.05, 3.63) is 40.6 Å². The summed E-state index contributed by atoms with van der Waals surface area (Å²) in [5.41, 5.74) is 4.90. The fourth-order valence-electron chi connectivity index (χ4n) is 2.07. The fourth-order valence-corrected chi connectivity index (χ4v) is 2.20. The Morgan fingerprint density at radius 2 is 2.00 bits per heavy atom. The summed E-state index contributed by atoms with van der Waals surface area (Å²) in [7, 11) is 0. The lowest BCUT2D eigenvalue weighted by atomic mass is 10.1. The summed E-state index contributed by atoms with van der Waals surface area (Å²) in [6, 6.07) is 4.08. The molecule has 2 aromatic heterocycles. The van der Waals surface area contributed by atoms with Crippen molar-refractivity contribution in [3.63, 3.8) is 0 Å². The van der Waals surface area contributed by atoms with Crippen molar-refractivity contribution in [2.24, 2.45) is 0 Å². The predicted octanol–water partition coefficient (Wildman–Crippen LogP) is 3.31. The Balaban J connectivity index is 2.34. The van der Waals surface area contributed by atoms with E-state index in [-0.39, 0.29) is 5.28 Å². The highest BCUT2D eigenvalue weighted by molar-refractivity contribution is 6.28. The highest BCUT2D eigenvalue weighted by Crippen LogP contribution is 2.23. The average Bonchev–Trinajstić information content (AvgIpc) is 2.41. The first-order valence-electron chi connectivity index (χ1n) is 6.78. The van der Waals surface area contributed by atoms with Gasteiger partial charge in [-0.2, -0.15) is 0 Å². The molecule has 0 aliphatic heterocycles. The van der Waals surface area contributed by atoms with Crippen molar-refractivity contribution in [1.29, 1.82) is 0 Å². The molecule has 0 saturated carbocycles. The Morgan fingerprint density at radius 1 is 1.20 bits per heavy atom. The summed E-state index contributed by atoms with van der Waals surface area (Å²) in [6.07, 6.45) is 2.86. The molecule has 0 unspecified atom stereocenters. The quantitative estimate of drug-likeness (QED) is 0.678. The largest absolute Gasteiger partial charge is 0.311 e. The van der Waals surface area contributed by atoms with Crippen molar-refractivity contribution >= 4 is 11.6 Å². The maximum atomic E-state index is 5.90. The number of aryl methyl sites for hydroxylation is 2. The van der Waals surface area contributed by atoms with E-state index in [0.717, 1.165) is 47.7 Å². The summed E-state index contributed by atoms with van der Waals surface area (Å²) in [6.45, 7) is 7.87. The molecule has 0 aromatic carbocycles. The molecule has 2 rings (SSSR count). The molecule has 106 valence electrons. The number of aromatic nitrogens is 3. The molecule has 0 fully saturated rings. The van der Waals surface area contributed by atoms with Crippen molar-refractivity contribution in [1.82, 2.24) is 20.3 Å². The molecule has 0 aliphatic carbocycles. The van der Waals surface area contributed by atoms with Gasteiger partial charge in [0, 0.05) is 24.0 Å². The number of hydrogen-bond donors (Lipinski definition) is 1. The Hall–Kier alpha value is -1.52. The van der Waals surface area contributed by atoms with Gasteiger partial charge in [0.2, 0.25) is 5.28 Å². The van der Waals surface area contributed by atoms with Crippen molar-refractivity contribution in [3.8, 4) is 11.3 Å². The molecule has 1 N–H and O–H groups in total. The van der Waals surface area contributed by atoms with Crippen molar-refractivity contribution < 1.29 is 0 Å². The summed E-state index contributed by atoms with van der Waals surface area (Å²) >= 11 is 5.90. The monoisotopic (exact) mass is 290 g/mol. The van der Waals surface area contributed by atoms with E-state index in [4.69, 9.17) is 11.6 Å². The van der Waals surface area contributed by atoms with Gasteiger partial charge in [0.15, 0.2) is 0 Å². The summed E-state index contributed by atoms with van der Waals surface area (Å²) in [4.78, 5) is 12.9. The smallest absolute Gasteiger partial charge is 0.222 e. The Bertz CT molecular complexity index is 598. The molecule has 0 aliphatic rings. The first kappa shape index (κ1) is 14.9.